The van der Waals surface area contributed by atoms with Crippen LogP contribution in [0.1, 0.15) is 12.8 Å². The van der Waals surface area contributed by atoms with Crippen LogP contribution in [0.2, 0.25) is 0 Å². The topological polar surface area (TPSA) is 46.5 Å². The number of Topliss-reactive ketones (excluding diaryl/α,β-unsaturated/α-hetero) is 1. The Morgan fingerprint density at radius 3 is 2.36 bits per heavy atom. The largest absolute Gasteiger partial charge is 0.395 e. The van der Waals surface area contributed by atoms with Crippen LogP contribution < -0.4 is 0 Å². The van der Waals surface area contributed by atoms with Gasteiger partial charge in [-0.25, -0.2) is 0 Å². The monoisotopic (exact) mass is 157 g/mol. The van der Waals surface area contributed by atoms with E-state index in [1.807, 2.05) is 0 Å². The zero-order chi connectivity index (χ0) is 8.32. The molecule has 1 radical (unpaired) electrons. The molecule has 1 fully saturated rings. The summed E-state index contributed by atoms with van der Waals surface area (Å²) in [4.78, 5) is 11.0. The van der Waals surface area contributed by atoms with E-state index in [1.165, 1.54) is 0 Å². The highest BCUT2D eigenvalue weighted by atomic mass is 16.5. The summed E-state index contributed by atoms with van der Waals surface area (Å²) in [5.74, 6) is -0.164. The fourth-order valence-corrected chi connectivity index (χ4v) is 1.29. The Kier molecular flexibility index (Phi) is 2.62. The highest BCUT2D eigenvalue weighted by molar-refractivity contribution is 5.88. The van der Waals surface area contributed by atoms with Gasteiger partial charge in [0, 0.05) is 20.1 Å². The molecule has 63 valence electrons. The Hall–Kier alpha value is -0.410. The summed E-state index contributed by atoms with van der Waals surface area (Å²) >= 11 is 0. The van der Waals surface area contributed by atoms with Crippen molar-refractivity contribution in [2.75, 3.05) is 19.8 Å². The quantitative estimate of drug-likeness (QED) is 0.622. The summed E-state index contributed by atoms with van der Waals surface area (Å²) in [5.41, 5.74) is -0.599. The number of rotatable bonds is 2. The van der Waals surface area contributed by atoms with Gasteiger partial charge in [-0.05, 0) is 12.8 Å². The zero-order valence-electron chi connectivity index (χ0n) is 6.51. The third kappa shape index (κ3) is 1.60. The van der Waals surface area contributed by atoms with Gasteiger partial charge in [-0.1, -0.05) is 0 Å². The normalized spacial score (nSPS) is 23.1. The molecule has 1 heterocycles. The first-order valence-electron chi connectivity index (χ1n) is 3.76. The van der Waals surface area contributed by atoms with Crippen molar-refractivity contribution < 1.29 is 14.6 Å². The van der Waals surface area contributed by atoms with E-state index in [2.05, 4.69) is 6.92 Å². The second-order valence-electron chi connectivity index (χ2n) is 2.97. The number of aliphatic hydroxyl groups excluding tert-OH is 1. The second-order valence-corrected chi connectivity index (χ2v) is 2.97. The number of ether oxygens (including phenoxy) is 1. The molecular formula is C8H13O3. The molecule has 0 spiro atoms. The molecule has 0 aromatic carbocycles. The van der Waals surface area contributed by atoms with Crippen molar-refractivity contribution in [1.82, 2.24) is 0 Å². The first kappa shape index (κ1) is 8.68. The van der Waals surface area contributed by atoms with Gasteiger partial charge in [-0.15, -0.1) is 0 Å². The molecule has 3 heteroatoms. The summed E-state index contributed by atoms with van der Waals surface area (Å²) in [6, 6.07) is 0. The summed E-state index contributed by atoms with van der Waals surface area (Å²) in [6.45, 7) is 4.37. The molecule has 0 atom stereocenters. The molecule has 0 unspecified atom stereocenters. The summed E-state index contributed by atoms with van der Waals surface area (Å²) in [5, 5.41) is 9.00. The predicted octanol–water partition coefficient (Wildman–Crippen LogP) is 0.179. The fourth-order valence-electron chi connectivity index (χ4n) is 1.29. The lowest BCUT2D eigenvalue weighted by Gasteiger charge is -2.32. The number of carbonyl (C=O) groups is 1. The molecular weight excluding hydrogens is 144 g/mol. The van der Waals surface area contributed by atoms with Crippen molar-refractivity contribution >= 4 is 5.78 Å². The lowest BCUT2D eigenvalue weighted by Crippen LogP contribution is -2.39. The van der Waals surface area contributed by atoms with Crippen LogP contribution in [-0.4, -0.2) is 30.7 Å². The molecule has 1 aliphatic rings. The van der Waals surface area contributed by atoms with Gasteiger partial charge in [-0.3, -0.25) is 4.79 Å². The molecule has 3 nitrogen and oxygen atoms in total. The van der Waals surface area contributed by atoms with E-state index in [0.29, 0.717) is 26.1 Å². The maximum absolute atomic E-state index is 11.0. The Bertz CT molecular complexity index is 147. The first-order chi connectivity index (χ1) is 5.21. The van der Waals surface area contributed by atoms with Crippen LogP contribution in [0.4, 0.5) is 0 Å². The fraction of sp³-hybridized carbons (Fsp3) is 0.750. The number of aliphatic hydroxyl groups is 1. The maximum atomic E-state index is 11.0. The lowest BCUT2D eigenvalue weighted by molar-refractivity contribution is -0.132. The summed E-state index contributed by atoms with van der Waals surface area (Å²) < 4.78 is 5.09. The van der Waals surface area contributed by atoms with E-state index in [0.717, 1.165) is 0 Å². The predicted molar refractivity (Wildman–Crippen MR) is 39.9 cm³/mol. The van der Waals surface area contributed by atoms with Gasteiger partial charge in [0.15, 0.2) is 0 Å². The Balaban J connectivity index is 2.64. The van der Waals surface area contributed by atoms with Gasteiger partial charge in [0.05, 0.1) is 12.0 Å². The standard InChI is InChI=1S/C8H13O3/c1-7(10)8(6-9)2-4-11-5-3-8/h9H,1-6H2. The molecule has 0 aromatic heterocycles. The SMILES string of the molecule is [CH2]C(=O)C1(CO)CCOCC1. The maximum Gasteiger partial charge on any atom is 0.141 e. The minimum absolute atomic E-state index is 0.0985. The van der Waals surface area contributed by atoms with E-state index in [9.17, 15) is 4.79 Å². The number of carbonyl (C=O) groups excluding carboxylic acids is 1. The number of hydrogen-bond acceptors (Lipinski definition) is 3. The summed E-state index contributed by atoms with van der Waals surface area (Å²) in [7, 11) is 0. The van der Waals surface area contributed by atoms with Crippen molar-refractivity contribution in [2.24, 2.45) is 5.41 Å². The Labute approximate surface area is 66.4 Å². The minimum atomic E-state index is -0.599. The molecule has 0 bridgehead atoms. The molecule has 0 aromatic rings. The van der Waals surface area contributed by atoms with E-state index >= 15 is 0 Å². The van der Waals surface area contributed by atoms with Crippen molar-refractivity contribution in [3.63, 3.8) is 0 Å². The van der Waals surface area contributed by atoms with Gasteiger partial charge in [0.2, 0.25) is 0 Å². The highest BCUT2D eigenvalue weighted by Crippen LogP contribution is 2.30. The van der Waals surface area contributed by atoms with Crippen LogP contribution in [0.5, 0.6) is 0 Å². The lowest BCUT2D eigenvalue weighted by atomic mass is 9.78. The van der Waals surface area contributed by atoms with Crippen LogP contribution in [0, 0.1) is 12.3 Å². The van der Waals surface area contributed by atoms with E-state index in [-0.39, 0.29) is 12.4 Å². The van der Waals surface area contributed by atoms with Gasteiger partial charge >= 0.3 is 0 Å². The third-order valence-electron chi connectivity index (χ3n) is 2.34. The molecule has 0 aliphatic carbocycles. The van der Waals surface area contributed by atoms with Gasteiger partial charge < -0.3 is 9.84 Å². The Morgan fingerprint density at radius 1 is 1.55 bits per heavy atom. The van der Waals surface area contributed by atoms with Crippen LogP contribution in [0.25, 0.3) is 0 Å². The van der Waals surface area contributed by atoms with Crippen molar-refractivity contribution in [3.8, 4) is 0 Å². The first-order valence-corrected chi connectivity index (χ1v) is 3.76. The van der Waals surface area contributed by atoms with Gasteiger partial charge in [0.1, 0.15) is 5.78 Å². The summed E-state index contributed by atoms with van der Waals surface area (Å²) in [6.07, 6.45) is 1.21. The molecule has 1 N–H and O–H groups in total. The van der Waals surface area contributed by atoms with E-state index in [1.54, 1.807) is 0 Å². The highest BCUT2D eigenvalue weighted by Gasteiger charge is 2.36. The van der Waals surface area contributed by atoms with E-state index in [4.69, 9.17) is 9.84 Å². The van der Waals surface area contributed by atoms with Crippen LogP contribution in [-0.2, 0) is 9.53 Å². The Morgan fingerprint density at radius 2 is 2.09 bits per heavy atom. The minimum Gasteiger partial charge on any atom is -0.395 e. The van der Waals surface area contributed by atoms with E-state index < -0.39 is 5.41 Å². The third-order valence-corrected chi connectivity index (χ3v) is 2.34. The average Bonchev–Trinajstić information content (AvgIpc) is 2.05. The number of ketones is 1. The van der Waals surface area contributed by atoms with Crippen LogP contribution in [0.15, 0.2) is 0 Å². The number of hydrogen-bond donors (Lipinski definition) is 1. The molecule has 0 amide bonds. The van der Waals surface area contributed by atoms with Crippen molar-refractivity contribution in [3.05, 3.63) is 6.92 Å². The molecule has 11 heavy (non-hydrogen) atoms. The van der Waals surface area contributed by atoms with Crippen molar-refractivity contribution in [1.29, 1.82) is 0 Å². The average molecular weight is 157 g/mol. The molecule has 1 aliphatic heterocycles. The molecule has 1 saturated heterocycles. The van der Waals surface area contributed by atoms with Crippen LogP contribution >= 0.6 is 0 Å². The van der Waals surface area contributed by atoms with Gasteiger partial charge in [-0.2, -0.15) is 0 Å². The van der Waals surface area contributed by atoms with Gasteiger partial charge in [0.25, 0.3) is 0 Å². The smallest absolute Gasteiger partial charge is 0.141 e. The van der Waals surface area contributed by atoms with Crippen LogP contribution in [0.3, 0.4) is 0 Å². The molecule has 0 saturated carbocycles. The molecule has 1 rings (SSSR count). The zero-order valence-corrected chi connectivity index (χ0v) is 6.51. The van der Waals surface area contributed by atoms with Crippen molar-refractivity contribution in [2.45, 2.75) is 12.8 Å². The second kappa shape index (κ2) is 3.32.